The van der Waals surface area contributed by atoms with Crippen molar-refractivity contribution in [1.29, 1.82) is 0 Å². The molecule has 3 rings (SSSR count). The Kier molecular flexibility index (Phi) is 2.89. The average molecular weight is 266 g/mol. The molecule has 96 valence electrons. The van der Waals surface area contributed by atoms with E-state index in [4.69, 9.17) is 0 Å². The quantitative estimate of drug-likeness (QED) is 0.830. The molecule has 1 aliphatic heterocycles. The molecule has 0 aliphatic carbocycles. The molecule has 2 aromatic rings. The van der Waals surface area contributed by atoms with Gasteiger partial charge in [-0.25, -0.2) is 4.98 Å². The van der Waals surface area contributed by atoms with Crippen LogP contribution >= 0.6 is 11.3 Å². The molecule has 1 fully saturated rings. The third-order valence-electron chi connectivity index (χ3n) is 3.02. The topological polar surface area (TPSA) is 70.7 Å². The first-order valence-corrected chi connectivity index (χ1v) is 6.70. The van der Waals surface area contributed by atoms with Gasteiger partial charge in [-0.2, -0.15) is 9.61 Å². The second-order valence-electron chi connectivity index (χ2n) is 4.60. The van der Waals surface area contributed by atoms with Gasteiger partial charge in [-0.05, 0) is 13.3 Å². The summed E-state index contributed by atoms with van der Waals surface area (Å²) in [5, 5.41) is 14.6. The van der Waals surface area contributed by atoms with E-state index < -0.39 is 0 Å². The molecule has 6 nitrogen and oxygen atoms in total. The number of fused-ring (bicyclic) bond motifs is 1. The van der Waals surface area contributed by atoms with Crippen LogP contribution in [0.4, 0.5) is 0 Å². The summed E-state index contributed by atoms with van der Waals surface area (Å²) in [5.41, 5.74) is 0.577. The van der Waals surface area contributed by atoms with Crippen LogP contribution in [0.5, 0.6) is 0 Å². The molecule has 3 heterocycles. The van der Waals surface area contributed by atoms with Gasteiger partial charge in [0.15, 0.2) is 0 Å². The average Bonchev–Trinajstić information content (AvgIpc) is 2.85. The first-order valence-electron chi connectivity index (χ1n) is 5.88. The zero-order valence-corrected chi connectivity index (χ0v) is 10.9. The van der Waals surface area contributed by atoms with Gasteiger partial charge in [-0.3, -0.25) is 9.69 Å². The van der Waals surface area contributed by atoms with Gasteiger partial charge in [0.1, 0.15) is 5.01 Å². The lowest BCUT2D eigenvalue weighted by atomic mass is 10.3. The number of nitrogens with zero attached hydrogens (tertiary/aromatic N) is 4. The molecule has 1 N–H and O–H groups in total. The summed E-state index contributed by atoms with van der Waals surface area (Å²) in [5.74, 6) is 0. The number of hydrogen-bond acceptors (Lipinski definition) is 6. The summed E-state index contributed by atoms with van der Waals surface area (Å²) in [6, 6.07) is 1.48. The smallest absolute Gasteiger partial charge is 0.275 e. The minimum atomic E-state index is -0.234. The van der Waals surface area contributed by atoms with E-state index in [0.29, 0.717) is 23.7 Å². The van der Waals surface area contributed by atoms with Crippen LogP contribution in [-0.4, -0.2) is 43.8 Å². The first-order chi connectivity index (χ1) is 8.61. The lowest BCUT2D eigenvalue weighted by Gasteiger charge is -2.11. The second kappa shape index (κ2) is 4.42. The highest BCUT2D eigenvalue weighted by molar-refractivity contribution is 7.16. The van der Waals surface area contributed by atoms with Crippen molar-refractivity contribution in [3.63, 3.8) is 0 Å². The van der Waals surface area contributed by atoms with Crippen molar-refractivity contribution in [3.05, 3.63) is 27.1 Å². The molecule has 0 spiro atoms. The molecule has 2 aromatic heterocycles. The van der Waals surface area contributed by atoms with Gasteiger partial charge in [0.2, 0.25) is 4.96 Å². The Morgan fingerprint density at radius 1 is 1.61 bits per heavy atom. The standard InChI is InChI=1S/C11H14N4O2S/c1-7-4-10(17)15-11(12-7)18-9(13-15)6-14-3-2-8(16)5-14/h4,8,16H,2-3,5-6H2,1H3. The van der Waals surface area contributed by atoms with E-state index >= 15 is 0 Å². The molecule has 0 radical (unpaired) electrons. The van der Waals surface area contributed by atoms with Gasteiger partial charge >= 0.3 is 0 Å². The predicted molar refractivity (Wildman–Crippen MR) is 67.8 cm³/mol. The molecule has 7 heteroatoms. The fourth-order valence-corrected chi connectivity index (χ4v) is 3.16. The molecule has 0 amide bonds. The largest absolute Gasteiger partial charge is 0.392 e. The van der Waals surface area contributed by atoms with Crippen molar-refractivity contribution in [1.82, 2.24) is 19.5 Å². The van der Waals surface area contributed by atoms with Crippen LogP contribution in [0.15, 0.2) is 10.9 Å². The zero-order chi connectivity index (χ0) is 12.7. The molecule has 0 aromatic carbocycles. The van der Waals surface area contributed by atoms with Crippen molar-refractivity contribution < 1.29 is 5.11 Å². The van der Waals surface area contributed by atoms with Gasteiger partial charge in [0, 0.05) is 24.8 Å². The molecule has 0 bridgehead atoms. The van der Waals surface area contributed by atoms with Gasteiger partial charge in [0.25, 0.3) is 5.56 Å². The van der Waals surface area contributed by atoms with E-state index in [-0.39, 0.29) is 11.7 Å². The Bertz CT molecular complexity index is 635. The van der Waals surface area contributed by atoms with Crippen LogP contribution in [0.2, 0.25) is 0 Å². The zero-order valence-electron chi connectivity index (χ0n) is 10.0. The van der Waals surface area contributed by atoms with E-state index in [2.05, 4.69) is 15.0 Å². The van der Waals surface area contributed by atoms with E-state index in [1.165, 1.54) is 21.9 Å². The molecular weight excluding hydrogens is 252 g/mol. The van der Waals surface area contributed by atoms with Crippen molar-refractivity contribution in [2.45, 2.75) is 26.0 Å². The minimum absolute atomic E-state index is 0.138. The number of β-amino-alcohol motifs (C(OH)–C–C–N with tert-alkyl or cyclic N) is 1. The summed E-state index contributed by atoms with van der Waals surface area (Å²) in [6.45, 7) is 4.02. The van der Waals surface area contributed by atoms with Gasteiger partial charge in [0.05, 0.1) is 12.6 Å². The molecule has 0 saturated carbocycles. The highest BCUT2D eigenvalue weighted by Crippen LogP contribution is 2.17. The Hall–Kier alpha value is -1.31. The first kappa shape index (κ1) is 11.8. The van der Waals surface area contributed by atoms with E-state index in [1.54, 1.807) is 6.92 Å². The molecule has 1 saturated heterocycles. The van der Waals surface area contributed by atoms with Crippen molar-refractivity contribution in [2.75, 3.05) is 13.1 Å². The van der Waals surface area contributed by atoms with Crippen molar-refractivity contribution in [3.8, 4) is 0 Å². The van der Waals surface area contributed by atoms with Crippen LogP contribution in [0.25, 0.3) is 4.96 Å². The van der Waals surface area contributed by atoms with Crippen LogP contribution in [0, 0.1) is 6.92 Å². The molecule has 1 aliphatic rings. The number of aliphatic hydroxyl groups excluding tert-OH is 1. The van der Waals surface area contributed by atoms with Crippen LogP contribution in [-0.2, 0) is 6.54 Å². The Morgan fingerprint density at radius 2 is 2.44 bits per heavy atom. The third kappa shape index (κ3) is 2.16. The number of rotatable bonds is 2. The summed E-state index contributed by atoms with van der Waals surface area (Å²) in [6.07, 6.45) is 0.574. The lowest BCUT2D eigenvalue weighted by Crippen LogP contribution is -2.22. The Labute approximate surface area is 108 Å². The second-order valence-corrected chi connectivity index (χ2v) is 5.64. The summed E-state index contributed by atoms with van der Waals surface area (Å²) in [7, 11) is 0. The number of hydrogen-bond donors (Lipinski definition) is 1. The van der Waals surface area contributed by atoms with Gasteiger partial charge in [-0.1, -0.05) is 11.3 Å². The number of aryl methyl sites for hydroxylation is 1. The van der Waals surface area contributed by atoms with Gasteiger partial charge < -0.3 is 5.11 Å². The summed E-state index contributed by atoms with van der Waals surface area (Å²) in [4.78, 5) is 18.8. The van der Waals surface area contributed by atoms with Crippen LogP contribution in [0.3, 0.4) is 0 Å². The SMILES string of the molecule is Cc1cc(=O)n2nc(CN3CCC(O)C3)sc2n1. The fourth-order valence-electron chi connectivity index (χ4n) is 2.17. The highest BCUT2D eigenvalue weighted by atomic mass is 32.1. The molecular formula is C11H14N4O2S. The predicted octanol–water partition coefficient (Wildman–Crippen LogP) is 0.0260. The normalized spacial score (nSPS) is 20.9. The maximum atomic E-state index is 11.7. The number of aliphatic hydroxyl groups is 1. The van der Waals surface area contributed by atoms with Crippen molar-refractivity contribution >= 4 is 16.3 Å². The van der Waals surface area contributed by atoms with E-state index in [9.17, 15) is 9.90 Å². The van der Waals surface area contributed by atoms with Crippen molar-refractivity contribution in [2.24, 2.45) is 0 Å². The molecule has 18 heavy (non-hydrogen) atoms. The fraction of sp³-hybridized carbons (Fsp3) is 0.545. The summed E-state index contributed by atoms with van der Waals surface area (Å²) >= 11 is 1.43. The van der Waals surface area contributed by atoms with E-state index in [0.717, 1.165) is 18.0 Å². The van der Waals surface area contributed by atoms with Gasteiger partial charge in [-0.15, -0.1) is 0 Å². The minimum Gasteiger partial charge on any atom is -0.392 e. The maximum absolute atomic E-state index is 11.7. The molecule has 1 atom stereocenters. The lowest BCUT2D eigenvalue weighted by molar-refractivity contribution is 0.174. The third-order valence-corrected chi connectivity index (χ3v) is 3.91. The van der Waals surface area contributed by atoms with E-state index in [1.807, 2.05) is 0 Å². The highest BCUT2D eigenvalue weighted by Gasteiger charge is 2.21. The van der Waals surface area contributed by atoms with Crippen LogP contribution < -0.4 is 5.56 Å². The monoisotopic (exact) mass is 266 g/mol. The molecule has 1 unspecified atom stereocenters. The number of aromatic nitrogens is 3. The number of likely N-dealkylation sites (tertiary alicyclic amines) is 1. The Balaban J connectivity index is 1.89. The van der Waals surface area contributed by atoms with Crippen LogP contribution in [0.1, 0.15) is 17.1 Å². The summed E-state index contributed by atoms with van der Waals surface area (Å²) < 4.78 is 1.35. The Morgan fingerprint density at radius 3 is 3.17 bits per heavy atom. The maximum Gasteiger partial charge on any atom is 0.275 e.